The molecule has 0 spiro atoms. The first kappa shape index (κ1) is 15.4. The fourth-order valence-electron chi connectivity index (χ4n) is 1.79. The smallest absolute Gasteiger partial charge is 0.224 e. The van der Waals surface area contributed by atoms with Gasteiger partial charge in [0.05, 0.1) is 18.7 Å². The zero-order valence-electron chi connectivity index (χ0n) is 12.1. The first-order chi connectivity index (χ1) is 10.2. The third-order valence-corrected chi connectivity index (χ3v) is 3.49. The Kier molecular flexibility index (Phi) is 5.21. The SMILES string of the molecule is CNc1ncc(Br)c(NCc2ccc(OC)cc2OC)n1. The van der Waals surface area contributed by atoms with Crippen LogP contribution in [-0.4, -0.2) is 31.2 Å². The molecule has 2 aromatic rings. The summed E-state index contributed by atoms with van der Waals surface area (Å²) in [6.07, 6.45) is 1.70. The van der Waals surface area contributed by atoms with Crippen molar-refractivity contribution in [2.24, 2.45) is 0 Å². The van der Waals surface area contributed by atoms with Crippen LogP contribution in [0, 0.1) is 0 Å². The van der Waals surface area contributed by atoms with Crippen molar-refractivity contribution in [2.75, 3.05) is 31.9 Å². The van der Waals surface area contributed by atoms with Crippen LogP contribution in [0.1, 0.15) is 5.56 Å². The van der Waals surface area contributed by atoms with Gasteiger partial charge in [-0.3, -0.25) is 0 Å². The molecule has 0 atom stereocenters. The van der Waals surface area contributed by atoms with E-state index in [1.54, 1.807) is 27.5 Å². The van der Waals surface area contributed by atoms with Gasteiger partial charge in [-0.15, -0.1) is 0 Å². The van der Waals surface area contributed by atoms with E-state index in [1.807, 2.05) is 18.2 Å². The van der Waals surface area contributed by atoms with Crippen molar-refractivity contribution in [1.29, 1.82) is 0 Å². The number of nitrogens with one attached hydrogen (secondary N) is 2. The minimum absolute atomic E-state index is 0.558. The fraction of sp³-hybridized carbons (Fsp3) is 0.286. The van der Waals surface area contributed by atoms with E-state index in [4.69, 9.17) is 9.47 Å². The van der Waals surface area contributed by atoms with E-state index < -0.39 is 0 Å². The standard InChI is InChI=1S/C14H17BrN4O2/c1-16-14-18-8-11(15)13(19-14)17-7-9-4-5-10(20-2)6-12(9)21-3/h4-6,8H,7H2,1-3H3,(H2,16,17,18,19). The predicted octanol–water partition coefficient (Wildman–Crippen LogP) is 2.91. The lowest BCUT2D eigenvalue weighted by Gasteiger charge is -2.12. The molecular formula is C14H17BrN4O2. The van der Waals surface area contributed by atoms with Crippen molar-refractivity contribution in [3.05, 3.63) is 34.4 Å². The molecular weight excluding hydrogens is 336 g/mol. The summed E-state index contributed by atoms with van der Waals surface area (Å²) in [4.78, 5) is 8.47. The van der Waals surface area contributed by atoms with Gasteiger partial charge in [-0.25, -0.2) is 4.98 Å². The van der Waals surface area contributed by atoms with Crippen molar-refractivity contribution < 1.29 is 9.47 Å². The van der Waals surface area contributed by atoms with Gasteiger partial charge in [-0.05, 0) is 28.1 Å². The third-order valence-electron chi connectivity index (χ3n) is 2.91. The molecule has 1 aromatic carbocycles. The van der Waals surface area contributed by atoms with Gasteiger partial charge >= 0.3 is 0 Å². The highest BCUT2D eigenvalue weighted by molar-refractivity contribution is 9.10. The predicted molar refractivity (Wildman–Crippen MR) is 86.2 cm³/mol. The Hall–Kier alpha value is -2.02. The second-order valence-corrected chi connectivity index (χ2v) is 5.03. The highest BCUT2D eigenvalue weighted by atomic mass is 79.9. The summed E-state index contributed by atoms with van der Waals surface area (Å²) in [7, 11) is 5.04. The van der Waals surface area contributed by atoms with Gasteiger partial charge in [0.15, 0.2) is 0 Å². The molecule has 1 heterocycles. The Morgan fingerprint density at radius 1 is 1.24 bits per heavy atom. The van der Waals surface area contributed by atoms with Crippen LogP contribution in [0.2, 0.25) is 0 Å². The molecule has 7 heteroatoms. The molecule has 0 aliphatic carbocycles. The molecule has 0 saturated heterocycles. The minimum Gasteiger partial charge on any atom is -0.497 e. The summed E-state index contributed by atoms with van der Waals surface area (Å²) in [6.45, 7) is 0.575. The maximum Gasteiger partial charge on any atom is 0.224 e. The second-order valence-electron chi connectivity index (χ2n) is 4.17. The van der Waals surface area contributed by atoms with Gasteiger partial charge in [0.2, 0.25) is 5.95 Å². The number of benzene rings is 1. The lowest BCUT2D eigenvalue weighted by molar-refractivity contribution is 0.391. The zero-order chi connectivity index (χ0) is 15.2. The Balaban J connectivity index is 2.16. The normalized spacial score (nSPS) is 10.1. The minimum atomic E-state index is 0.558. The molecule has 0 bridgehead atoms. The summed E-state index contributed by atoms with van der Waals surface area (Å²) in [5, 5.41) is 6.16. The van der Waals surface area contributed by atoms with Gasteiger partial charge in [0, 0.05) is 31.4 Å². The number of aromatic nitrogens is 2. The number of rotatable bonds is 6. The fourth-order valence-corrected chi connectivity index (χ4v) is 2.12. The van der Waals surface area contributed by atoms with Crippen molar-refractivity contribution in [2.45, 2.75) is 6.54 Å². The van der Waals surface area contributed by atoms with Crippen LogP contribution in [-0.2, 0) is 6.54 Å². The van der Waals surface area contributed by atoms with Crippen LogP contribution in [0.25, 0.3) is 0 Å². The highest BCUT2D eigenvalue weighted by Crippen LogP contribution is 2.26. The number of hydrogen-bond donors (Lipinski definition) is 2. The molecule has 0 aliphatic rings. The average Bonchev–Trinajstić information content (AvgIpc) is 2.54. The Bertz CT molecular complexity index is 622. The summed E-state index contributed by atoms with van der Waals surface area (Å²) in [6, 6.07) is 5.71. The molecule has 0 unspecified atom stereocenters. The van der Waals surface area contributed by atoms with E-state index in [-0.39, 0.29) is 0 Å². The van der Waals surface area contributed by atoms with Gasteiger partial charge in [0.25, 0.3) is 0 Å². The number of hydrogen-bond acceptors (Lipinski definition) is 6. The zero-order valence-corrected chi connectivity index (χ0v) is 13.7. The van der Waals surface area contributed by atoms with Crippen LogP contribution in [0.5, 0.6) is 11.5 Å². The average molecular weight is 353 g/mol. The molecule has 112 valence electrons. The molecule has 0 aliphatic heterocycles. The first-order valence-corrected chi connectivity index (χ1v) is 7.12. The largest absolute Gasteiger partial charge is 0.497 e. The van der Waals surface area contributed by atoms with E-state index in [2.05, 4.69) is 36.5 Å². The molecule has 2 rings (SSSR count). The quantitative estimate of drug-likeness (QED) is 0.832. The number of halogens is 1. The molecule has 6 nitrogen and oxygen atoms in total. The summed E-state index contributed by atoms with van der Waals surface area (Å²) in [5.74, 6) is 2.80. The molecule has 0 fully saturated rings. The number of ether oxygens (including phenoxy) is 2. The van der Waals surface area contributed by atoms with Crippen LogP contribution in [0.15, 0.2) is 28.9 Å². The maximum atomic E-state index is 5.37. The lowest BCUT2D eigenvalue weighted by atomic mass is 10.2. The lowest BCUT2D eigenvalue weighted by Crippen LogP contribution is -2.06. The first-order valence-electron chi connectivity index (χ1n) is 6.33. The van der Waals surface area contributed by atoms with E-state index in [0.717, 1.165) is 21.5 Å². The Morgan fingerprint density at radius 3 is 2.71 bits per heavy atom. The van der Waals surface area contributed by atoms with Gasteiger partial charge in [0.1, 0.15) is 17.3 Å². The van der Waals surface area contributed by atoms with E-state index in [9.17, 15) is 0 Å². The molecule has 0 saturated carbocycles. The van der Waals surface area contributed by atoms with Crippen LogP contribution in [0.4, 0.5) is 11.8 Å². The summed E-state index contributed by atoms with van der Waals surface area (Å²) in [5.41, 5.74) is 1.01. The number of methoxy groups -OCH3 is 2. The number of nitrogens with zero attached hydrogens (tertiary/aromatic N) is 2. The topological polar surface area (TPSA) is 68.3 Å². The molecule has 0 radical (unpaired) electrons. The summed E-state index contributed by atoms with van der Waals surface area (Å²) < 4.78 is 11.4. The Labute approximate surface area is 132 Å². The molecule has 21 heavy (non-hydrogen) atoms. The molecule has 0 amide bonds. The van der Waals surface area contributed by atoms with Crippen LogP contribution in [0.3, 0.4) is 0 Å². The maximum absolute atomic E-state index is 5.37. The Morgan fingerprint density at radius 2 is 2.05 bits per heavy atom. The van der Waals surface area contributed by atoms with Crippen molar-refractivity contribution in [3.63, 3.8) is 0 Å². The van der Waals surface area contributed by atoms with E-state index in [1.165, 1.54) is 0 Å². The molecule has 1 aromatic heterocycles. The van der Waals surface area contributed by atoms with Crippen molar-refractivity contribution in [3.8, 4) is 11.5 Å². The van der Waals surface area contributed by atoms with Crippen LogP contribution < -0.4 is 20.1 Å². The van der Waals surface area contributed by atoms with Crippen molar-refractivity contribution in [1.82, 2.24) is 9.97 Å². The number of anilines is 2. The van der Waals surface area contributed by atoms with Gasteiger partial charge in [-0.2, -0.15) is 4.98 Å². The van der Waals surface area contributed by atoms with E-state index >= 15 is 0 Å². The molecule has 2 N–H and O–H groups in total. The van der Waals surface area contributed by atoms with E-state index in [0.29, 0.717) is 18.3 Å². The van der Waals surface area contributed by atoms with Gasteiger partial charge < -0.3 is 20.1 Å². The second kappa shape index (κ2) is 7.12. The van der Waals surface area contributed by atoms with Crippen molar-refractivity contribution >= 4 is 27.7 Å². The van der Waals surface area contributed by atoms with Gasteiger partial charge in [-0.1, -0.05) is 0 Å². The van der Waals surface area contributed by atoms with Crippen LogP contribution >= 0.6 is 15.9 Å². The third kappa shape index (κ3) is 3.75. The highest BCUT2D eigenvalue weighted by Gasteiger charge is 2.08. The summed E-state index contributed by atoms with van der Waals surface area (Å²) >= 11 is 3.43. The monoisotopic (exact) mass is 352 g/mol.